The minimum atomic E-state index is -1.26. The number of aliphatic hydroxyl groups is 1. The van der Waals surface area contributed by atoms with E-state index >= 15 is 0 Å². The van der Waals surface area contributed by atoms with E-state index in [4.69, 9.17) is 14.9 Å². The molecular formula is C13H18N2O6S. The van der Waals surface area contributed by atoms with Crippen LogP contribution in [0.4, 0.5) is 0 Å². The lowest BCUT2D eigenvalue weighted by atomic mass is 10.4. The number of hydrogen-bond acceptors (Lipinski definition) is 7. The Morgan fingerprint density at radius 3 is 2.50 bits per heavy atom. The third-order valence-electron chi connectivity index (χ3n) is 2.40. The number of nitrogens with zero attached hydrogens (tertiary/aromatic N) is 1. The zero-order valence-corrected chi connectivity index (χ0v) is 12.5. The van der Waals surface area contributed by atoms with Crippen LogP contribution < -0.4 is 10.1 Å². The molecule has 1 aliphatic rings. The number of carboxylic acids is 2. The van der Waals surface area contributed by atoms with Crippen molar-refractivity contribution in [3.63, 3.8) is 0 Å². The number of hydrogen-bond donors (Lipinski definition) is 4. The Balaban J connectivity index is 0.000000261. The molecule has 0 saturated heterocycles. The number of nitrogens with one attached hydrogen (secondary N) is 1. The largest absolute Gasteiger partial charge is 0.478 e. The van der Waals surface area contributed by atoms with E-state index in [1.165, 1.54) is 24.2 Å². The lowest BCUT2D eigenvalue weighted by Crippen LogP contribution is -2.32. The van der Waals surface area contributed by atoms with Crippen LogP contribution in [0.2, 0.25) is 0 Å². The highest BCUT2D eigenvalue weighted by atomic mass is 32.1. The van der Waals surface area contributed by atoms with Crippen molar-refractivity contribution in [2.45, 2.75) is 25.0 Å². The molecule has 1 fully saturated rings. The summed E-state index contributed by atoms with van der Waals surface area (Å²) in [5.74, 6) is -2.51. The fraction of sp³-hybridized carbons (Fsp3) is 0.462. The van der Waals surface area contributed by atoms with Crippen molar-refractivity contribution in [3.8, 4) is 5.19 Å². The van der Waals surface area contributed by atoms with Gasteiger partial charge in [-0.3, -0.25) is 0 Å². The predicted molar refractivity (Wildman–Crippen MR) is 79.1 cm³/mol. The zero-order valence-electron chi connectivity index (χ0n) is 11.7. The van der Waals surface area contributed by atoms with Crippen molar-refractivity contribution in [2.75, 3.05) is 13.2 Å². The molecule has 1 aliphatic carbocycles. The lowest BCUT2D eigenvalue weighted by molar-refractivity contribution is -0.134. The maximum Gasteiger partial charge on any atom is 0.328 e. The van der Waals surface area contributed by atoms with Gasteiger partial charge in [-0.15, -0.1) is 0 Å². The van der Waals surface area contributed by atoms with Gasteiger partial charge in [-0.1, -0.05) is 11.3 Å². The second kappa shape index (κ2) is 9.87. The number of ether oxygens (including phenoxy) is 1. The summed E-state index contributed by atoms with van der Waals surface area (Å²) in [6, 6.07) is 0.629. The van der Waals surface area contributed by atoms with Gasteiger partial charge in [0.15, 0.2) is 0 Å². The summed E-state index contributed by atoms with van der Waals surface area (Å²) in [6.45, 7) is 0.920. The van der Waals surface area contributed by atoms with Gasteiger partial charge < -0.3 is 25.4 Å². The molecule has 0 aliphatic heterocycles. The first-order valence-electron chi connectivity index (χ1n) is 6.55. The number of carboxylic acid groups (broad SMARTS) is 2. The fourth-order valence-electron chi connectivity index (χ4n) is 1.24. The van der Waals surface area contributed by atoms with E-state index in [2.05, 4.69) is 10.3 Å². The summed E-state index contributed by atoms with van der Waals surface area (Å²) in [6.07, 6.45) is 4.83. The summed E-state index contributed by atoms with van der Waals surface area (Å²) in [5.41, 5.74) is 0. The Kier molecular flexibility index (Phi) is 8.11. The average molecular weight is 330 g/mol. The van der Waals surface area contributed by atoms with Gasteiger partial charge in [0.05, 0.1) is 0 Å². The van der Waals surface area contributed by atoms with Crippen LogP contribution in [0.3, 0.4) is 0 Å². The third kappa shape index (κ3) is 9.86. The molecule has 1 atom stereocenters. The van der Waals surface area contributed by atoms with Crippen molar-refractivity contribution in [1.29, 1.82) is 0 Å². The minimum absolute atomic E-state index is 0.313. The first-order chi connectivity index (χ1) is 10.5. The monoisotopic (exact) mass is 330 g/mol. The van der Waals surface area contributed by atoms with Gasteiger partial charge in [-0.25, -0.2) is 14.6 Å². The van der Waals surface area contributed by atoms with E-state index in [9.17, 15) is 14.7 Å². The molecule has 4 N–H and O–H groups in total. The molecule has 0 bridgehead atoms. The highest BCUT2D eigenvalue weighted by molar-refractivity contribution is 7.11. The van der Waals surface area contributed by atoms with Crippen LogP contribution in [0, 0.1) is 0 Å². The van der Waals surface area contributed by atoms with E-state index in [1.54, 1.807) is 6.20 Å². The zero-order chi connectivity index (χ0) is 16.4. The molecule has 0 radical (unpaired) electrons. The molecule has 0 aromatic carbocycles. The number of aromatic nitrogens is 1. The molecule has 1 heterocycles. The first kappa shape index (κ1) is 18.1. The van der Waals surface area contributed by atoms with Crippen LogP contribution in [0.1, 0.15) is 12.8 Å². The highest BCUT2D eigenvalue weighted by Gasteiger charge is 2.21. The number of aliphatic carboxylic acids is 2. The maximum absolute atomic E-state index is 9.55. The van der Waals surface area contributed by atoms with Crippen molar-refractivity contribution in [1.82, 2.24) is 10.3 Å². The van der Waals surface area contributed by atoms with E-state index in [0.717, 1.165) is 0 Å². The van der Waals surface area contributed by atoms with Crippen LogP contribution in [0.5, 0.6) is 5.19 Å². The second-order valence-corrected chi connectivity index (χ2v) is 5.31. The average Bonchev–Trinajstić information content (AvgIpc) is 3.15. The van der Waals surface area contributed by atoms with E-state index < -0.39 is 18.0 Å². The van der Waals surface area contributed by atoms with E-state index in [1.807, 2.05) is 5.38 Å². The molecule has 1 aromatic heterocycles. The summed E-state index contributed by atoms with van der Waals surface area (Å²) in [5, 5.41) is 30.9. The number of aliphatic hydroxyl groups excluding tert-OH is 1. The SMILES string of the molecule is O=C(O)/C=C\C(=O)O.OC(CNC1CC1)COc1nccs1. The third-order valence-corrected chi connectivity index (χ3v) is 3.08. The predicted octanol–water partition coefficient (Wildman–Crippen LogP) is 0.347. The van der Waals surface area contributed by atoms with Gasteiger partial charge in [-0.2, -0.15) is 0 Å². The van der Waals surface area contributed by atoms with Crippen molar-refractivity contribution in [2.24, 2.45) is 0 Å². The quantitative estimate of drug-likeness (QED) is 0.502. The Morgan fingerprint density at radius 1 is 1.41 bits per heavy atom. The Labute approximate surface area is 131 Å². The number of thiazole rings is 1. The smallest absolute Gasteiger partial charge is 0.328 e. The molecule has 122 valence electrons. The van der Waals surface area contributed by atoms with Gasteiger partial charge in [0, 0.05) is 36.3 Å². The van der Waals surface area contributed by atoms with Crippen LogP contribution in [-0.4, -0.2) is 57.5 Å². The molecule has 0 spiro atoms. The van der Waals surface area contributed by atoms with E-state index in [-0.39, 0.29) is 0 Å². The van der Waals surface area contributed by atoms with Crippen LogP contribution >= 0.6 is 11.3 Å². The number of rotatable bonds is 8. The minimum Gasteiger partial charge on any atom is -0.478 e. The standard InChI is InChI=1S/C9H14N2O2S.C4H4O4/c12-8(5-11-7-1-2-7)6-13-9-10-3-4-14-9;5-3(6)1-2-4(7)8/h3-4,7-8,11-12H,1-2,5-6H2;1-2H,(H,5,6)(H,7,8)/b;2-1-. The number of carbonyl (C=O) groups is 2. The van der Waals surface area contributed by atoms with Gasteiger partial charge in [0.2, 0.25) is 0 Å². The molecule has 1 unspecified atom stereocenters. The van der Waals surface area contributed by atoms with Crippen molar-refractivity contribution < 1.29 is 29.6 Å². The summed E-state index contributed by atoms with van der Waals surface area (Å²) < 4.78 is 5.28. The van der Waals surface area contributed by atoms with Crippen LogP contribution in [0.25, 0.3) is 0 Å². The van der Waals surface area contributed by atoms with Crippen molar-refractivity contribution >= 4 is 23.3 Å². The molecule has 2 rings (SSSR count). The first-order valence-corrected chi connectivity index (χ1v) is 7.43. The van der Waals surface area contributed by atoms with E-state index in [0.29, 0.717) is 36.5 Å². The molecule has 9 heteroatoms. The Hall–Kier alpha value is -1.97. The Bertz CT molecular complexity index is 471. The maximum atomic E-state index is 9.55. The fourth-order valence-corrected chi connectivity index (χ4v) is 1.74. The molecule has 0 amide bonds. The highest BCUT2D eigenvalue weighted by Crippen LogP contribution is 2.18. The van der Waals surface area contributed by atoms with Gasteiger partial charge in [0.1, 0.15) is 12.7 Å². The summed E-state index contributed by atoms with van der Waals surface area (Å²) in [4.78, 5) is 23.1. The topological polar surface area (TPSA) is 129 Å². The summed E-state index contributed by atoms with van der Waals surface area (Å²) >= 11 is 1.44. The van der Waals surface area contributed by atoms with Crippen LogP contribution in [0.15, 0.2) is 23.7 Å². The normalized spacial score (nSPS) is 15.0. The molecule has 8 nitrogen and oxygen atoms in total. The second-order valence-electron chi connectivity index (χ2n) is 4.46. The molecule has 22 heavy (non-hydrogen) atoms. The van der Waals surface area contributed by atoms with Gasteiger partial charge in [-0.05, 0) is 12.8 Å². The van der Waals surface area contributed by atoms with Gasteiger partial charge >= 0.3 is 11.9 Å². The molecule has 1 aromatic rings. The van der Waals surface area contributed by atoms with Crippen molar-refractivity contribution in [3.05, 3.63) is 23.7 Å². The molecular weight excluding hydrogens is 312 g/mol. The lowest BCUT2D eigenvalue weighted by Gasteiger charge is -2.10. The Morgan fingerprint density at radius 2 is 2.05 bits per heavy atom. The molecule has 1 saturated carbocycles. The summed E-state index contributed by atoms with van der Waals surface area (Å²) in [7, 11) is 0. The van der Waals surface area contributed by atoms with Gasteiger partial charge in [0.25, 0.3) is 5.19 Å². The van der Waals surface area contributed by atoms with Crippen LogP contribution in [-0.2, 0) is 9.59 Å².